The average molecular weight is 242 g/mol. The van der Waals surface area contributed by atoms with Crippen LogP contribution in [-0.4, -0.2) is 7.11 Å². The molecular weight excluding hydrogens is 231 g/mol. The zero-order valence-corrected chi connectivity index (χ0v) is 8.78. The van der Waals surface area contributed by atoms with E-state index in [2.05, 4.69) is 0 Å². The Morgan fingerprint density at radius 1 is 1.33 bits per heavy atom. The molecule has 0 aliphatic carbocycles. The van der Waals surface area contributed by atoms with Gasteiger partial charge in [-0.15, -0.1) is 12.4 Å². The number of alkyl halides is 3. The maximum atomic E-state index is 12.3. The number of hydrogen-bond donors (Lipinski definition) is 1. The average Bonchev–Trinajstić information content (AvgIpc) is 2.15. The van der Waals surface area contributed by atoms with Gasteiger partial charge in [-0.1, -0.05) is 6.07 Å². The van der Waals surface area contributed by atoms with E-state index in [1.807, 2.05) is 0 Å². The van der Waals surface area contributed by atoms with Crippen molar-refractivity contribution in [1.82, 2.24) is 0 Å². The van der Waals surface area contributed by atoms with E-state index in [-0.39, 0.29) is 24.7 Å². The molecule has 0 unspecified atom stereocenters. The van der Waals surface area contributed by atoms with Crippen LogP contribution in [0.5, 0.6) is 5.75 Å². The van der Waals surface area contributed by atoms with Crippen LogP contribution in [0, 0.1) is 0 Å². The molecular formula is C9H11ClF3NO. The zero-order chi connectivity index (χ0) is 10.8. The molecule has 0 aromatic heterocycles. The highest BCUT2D eigenvalue weighted by Crippen LogP contribution is 2.32. The largest absolute Gasteiger partial charge is 0.496 e. The number of methoxy groups -OCH3 is 1. The third kappa shape index (κ3) is 3.28. The van der Waals surface area contributed by atoms with Crippen LogP contribution in [0.2, 0.25) is 0 Å². The van der Waals surface area contributed by atoms with Crippen LogP contribution < -0.4 is 10.5 Å². The Morgan fingerprint density at radius 3 is 2.33 bits per heavy atom. The molecule has 0 bridgehead atoms. The second-order valence-electron chi connectivity index (χ2n) is 2.73. The van der Waals surface area contributed by atoms with E-state index in [0.717, 1.165) is 12.1 Å². The third-order valence-electron chi connectivity index (χ3n) is 1.83. The van der Waals surface area contributed by atoms with E-state index in [1.165, 1.54) is 13.2 Å². The molecule has 6 heteroatoms. The summed E-state index contributed by atoms with van der Waals surface area (Å²) in [6, 6.07) is 3.26. The van der Waals surface area contributed by atoms with Gasteiger partial charge in [0.2, 0.25) is 0 Å². The van der Waals surface area contributed by atoms with E-state index in [1.54, 1.807) is 0 Å². The number of ether oxygens (including phenoxy) is 1. The number of rotatable bonds is 2. The molecule has 0 fully saturated rings. The molecule has 1 aromatic carbocycles. The van der Waals surface area contributed by atoms with Crippen LogP contribution in [0.15, 0.2) is 18.2 Å². The van der Waals surface area contributed by atoms with Crippen LogP contribution in [0.25, 0.3) is 0 Å². The highest BCUT2D eigenvalue weighted by molar-refractivity contribution is 5.85. The maximum Gasteiger partial charge on any atom is 0.416 e. The molecule has 0 atom stereocenters. The first-order valence-electron chi connectivity index (χ1n) is 3.93. The van der Waals surface area contributed by atoms with Gasteiger partial charge < -0.3 is 10.5 Å². The first-order chi connectivity index (χ1) is 6.49. The van der Waals surface area contributed by atoms with E-state index < -0.39 is 11.7 Å². The summed E-state index contributed by atoms with van der Waals surface area (Å²) in [5, 5.41) is 0. The molecule has 2 nitrogen and oxygen atoms in total. The number of nitrogens with two attached hydrogens (primary N) is 1. The summed E-state index contributed by atoms with van der Waals surface area (Å²) in [5.74, 6) is 0.169. The SMILES string of the molecule is COc1cc(C(F)(F)F)ccc1CN.Cl. The normalized spacial score (nSPS) is 10.7. The minimum absolute atomic E-state index is 0. The Kier molecular flexibility index (Phi) is 4.90. The smallest absolute Gasteiger partial charge is 0.416 e. The van der Waals surface area contributed by atoms with Crippen LogP contribution in [-0.2, 0) is 12.7 Å². The van der Waals surface area contributed by atoms with E-state index in [4.69, 9.17) is 10.5 Å². The van der Waals surface area contributed by atoms with Crippen molar-refractivity contribution in [3.8, 4) is 5.75 Å². The lowest BCUT2D eigenvalue weighted by Gasteiger charge is -2.11. The lowest BCUT2D eigenvalue weighted by Crippen LogP contribution is -2.07. The molecule has 0 saturated heterocycles. The van der Waals surface area contributed by atoms with Gasteiger partial charge in [-0.3, -0.25) is 0 Å². The summed E-state index contributed by atoms with van der Waals surface area (Å²) in [6.07, 6.45) is -4.35. The van der Waals surface area contributed by atoms with Crippen LogP contribution in [0.1, 0.15) is 11.1 Å². The minimum Gasteiger partial charge on any atom is -0.496 e. The number of hydrogen-bond acceptors (Lipinski definition) is 2. The maximum absolute atomic E-state index is 12.3. The van der Waals surface area contributed by atoms with Crippen LogP contribution in [0.3, 0.4) is 0 Å². The fourth-order valence-corrected chi connectivity index (χ4v) is 1.09. The van der Waals surface area contributed by atoms with Gasteiger partial charge in [-0.05, 0) is 12.1 Å². The van der Waals surface area contributed by atoms with Crippen molar-refractivity contribution in [2.45, 2.75) is 12.7 Å². The van der Waals surface area contributed by atoms with Gasteiger partial charge in [0.15, 0.2) is 0 Å². The summed E-state index contributed by atoms with van der Waals surface area (Å²) < 4.78 is 41.6. The molecule has 1 aromatic rings. The Bertz CT molecular complexity index is 328. The summed E-state index contributed by atoms with van der Waals surface area (Å²) in [6.45, 7) is 0.154. The molecule has 86 valence electrons. The lowest BCUT2D eigenvalue weighted by molar-refractivity contribution is -0.137. The fraction of sp³-hybridized carbons (Fsp3) is 0.333. The van der Waals surface area contributed by atoms with Gasteiger partial charge in [0.25, 0.3) is 0 Å². The lowest BCUT2D eigenvalue weighted by atomic mass is 10.1. The van der Waals surface area contributed by atoms with Crippen molar-refractivity contribution in [3.63, 3.8) is 0 Å². The molecule has 15 heavy (non-hydrogen) atoms. The van der Waals surface area contributed by atoms with Crippen molar-refractivity contribution >= 4 is 12.4 Å². The quantitative estimate of drug-likeness (QED) is 0.864. The van der Waals surface area contributed by atoms with Crippen molar-refractivity contribution in [2.75, 3.05) is 7.11 Å². The van der Waals surface area contributed by atoms with Gasteiger partial charge >= 0.3 is 6.18 Å². The molecule has 2 N–H and O–H groups in total. The molecule has 0 radical (unpaired) electrons. The third-order valence-corrected chi connectivity index (χ3v) is 1.83. The predicted molar refractivity (Wildman–Crippen MR) is 53.1 cm³/mol. The monoisotopic (exact) mass is 241 g/mol. The van der Waals surface area contributed by atoms with Crippen molar-refractivity contribution in [2.24, 2.45) is 5.73 Å². The van der Waals surface area contributed by atoms with Crippen LogP contribution >= 0.6 is 12.4 Å². The molecule has 0 saturated carbocycles. The molecule has 0 spiro atoms. The van der Waals surface area contributed by atoms with Crippen LogP contribution in [0.4, 0.5) is 13.2 Å². The van der Waals surface area contributed by atoms with Crippen molar-refractivity contribution in [3.05, 3.63) is 29.3 Å². The second kappa shape index (κ2) is 5.23. The standard InChI is InChI=1S/C9H10F3NO.ClH/c1-14-8-4-7(9(10,11)12)3-2-6(8)5-13;/h2-4H,5,13H2,1H3;1H. The van der Waals surface area contributed by atoms with Crippen molar-refractivity contribution in [1.29, 1.82) is 0 Å². The Labute approximate surface area is 91.6 Å². The van der Waals surface area contributed by atoms with Gasteiger partial charge in [-0.2, -0.15) is 13.2 Å². The Balaban J connectivity index is 0.00000196. The number of benzene rings is 1. The minimum atomic E-state index is -4.35. The van der Waals surface area contributed by atoms with Gasteiger partial charge in [0.1, 0.15) is 5.75 Å². The molecule has 0 aliphatic heterocycles. The fourth-order valence-electron chi connectivity index (χ4n) is 1.09. The summed E-state index contributed by atoms with van der Waals surface area (Å²) in [5.41, 5.74) is 5.15. The highest BCUT2D eigenvalue weighted by Gasteiger charge is 2.31. The summed E-state index contributed by atoms with van der Waals surface area (Å²) in [4.78, 5) is 0. The van der Waals surface area contributed by atoms with Gasteiger partial charge in [-0.25, -0.2) is 0 Å². The van der Waals surface area contributed by atoms with E-state index in [9.17, 15) is 13.2 Å². The topological polar surface area (TPSA) is 35.2 Å². The van der Waals surface area contributed by atoms with E-state index in [0.29, 0.717) is 5.56 Å². The Hall–Kier alpha value is -0.940. The zero-order valence-electron chi connectivity index (χ0n) is 7.97. The summed E-state index contributed by atoms with van der Waals surface area (Å²) >= 11 is 0. The van der Waals surface area contributed by atoms with E-state index >= 15 is 0 Å². The second-order valence-corrected chi connectivity index (χ2v) is 2.73. The predicted octanol–water partition coefficient (Wildman–Crippen LogP) is 2.59. The molecule has 0 heterocycles. The molecule has 0 aliphatic rings. The summed E-state index contributed by atoms with van der Waals surface area (Å²) in [7, 11) is 1.31. The number of halogens is 4. The first-order valence-corrected chi connectivity index (χ1v) is 3.93. The van der Waals surface area contributed by atoms with Gasteiger partial charge in [0.05, 0.1) is 12.7 Å². The van der Waals surface area contributed by atoms with Crippen molar-refractivity contribution < 1.29 is 17.9 Å². The first kappa shape index (κ1) is 14.1. The van der Waals surface area contributed by atoms with Gasteiger partial charge in [0, 0.05) is 12.1 Å². The molecule has 0 amide bonds. The highest BCUT2D eigenvalue weighted by atomic mass is 35.5. The Morgan fingerprint density at radius 2 is 1.93 bits per heavy atom. The molecule has 1 rings (SSSR count).